The maximum atomic E-state index is 13.4. The lowest BCUT2D eigenvalue weighted by atomic mass is 10.2. The minimum absolute atomic E-state index is 0.0672. The van der Waals surface area contributed by atoms with Crippen LogP contribution < -0.4 is 19.3 Å². The minimum atomic E-state index is -5.34. The van der Waals surface area contributed by atoms with Crippen molar-refractivity contribution < 1.29 is 35.6 Å². The second-order valence-electron chi connectivity index (χ2n) is 8.34. The summed E-state index contributed by atoms with van der Waals surface area (Å²) in [6, 6.07) is 3.60. The number of nitrogens with zero attached hydrogens (tertiary/aromatic N) is 3. The van der Waals surface area contributed by atoms with Crippen molar-refractivity contribution in [3.63, 3.8) is 0 Å². The number of ether oxygens (including phenoxy) is 1. The van der Waals surface area contributed by atoms with E-state index in [0.29, 0.717) is 26.2 Å². The number of hydrogen-bond donors (Lipinski definition) is 1. The number of benzene rings is 1. The van der Waals surface area contributed by atoms with Gasteiger partial charge in [0, 0.05) is 50.9 Å². The molecule has 4 amide bonds. The Labute approximate surface area is 185 Å². The molecule has 2 aliphatic rings. The molecular formula is C19H25FN4O7S. The van der Waals surface area contributed by atoms with Gasteiger partial charge in [-0.15, -0.1) is 0 Å². The first kappa shape index (κ1) is 23.6. The monoisotopic (exact) mass is 472 g/mol. The van der Waals surface area contributed by atoms with Crippen LogP contribution in [0.3, 0.4) is 0 Å². The van der Waals surface area contributed by atoms with Gasteiger partial charge < -0.3 is 18.7 Å². The zero-order chi connectivity index (χ0) is 23.7. The molecule has 176 valence electrons. The van der Waals surface area contributed by atoms with Crippen molar-refractivity contribution in [3.8, 4) is 5.75 Å². The minimum Gasteiger partial charge on any atom is -0.444 e. The summed E-state index contributed by atoms with van der Waals surface area (Å²) >= 11 is 0. The molecule has 0 atom stereocenters. The van der Waals surface area contributed by atoms with Gasteiger partial charge in [0.15, 0.2) is 5.75 Å². The molecule has 1 aromatic rings. The Morgan fingerprint density at radius 3 is 2.31 bits per heavy atom. The van der Waals surface area contributed by atoms with E-state index in [1.807, 2.05) is 0 Å². The number of halogens is 1. The molecule has 0 spiro atoms. The molecular weight excluding hydrogens is 447 g/mol. The Balaban J connectivity index is 1.80. The number of amides is 4. The highest BCUT2D eigenvalue weighted by Gasteiger charge is 2.29. The van der Waals surface area contributed by atoms with Crippen LogP contribution in [0.5, 0.6) is 5.75 Å². The van der Waals surface area contributed by atoms with Gasteiger partial charge in [-0.1, -0.05) is 3.89 Å². The first-order chi connectivity index (χ1) is 14.8. The van der Waals surface area contributed by atoms with Crippen LogP contribution in [0, 0.1) is 0 Å². The van der Waals surface area contributed by atoms with E-state index in [2.05, 4.69) is 9.50 Å². The van der Waals surface area contributed by atoms with Gasteiger partial charge in [0.1, 0.15) is 5.60 Å². The summed E-state index contributed by atoms with van der Waals surface area (Å²) in [6.45, 7) is 6.62. The molecule has 0 unspecified atom stereocenters. The van der Waals surface area contributed by atoms with Crippen LogP contribution in [0.2, 0.25) is 0 Å². The average Bonchev–Trinajstić information content (AvgIpc) is 2.65. The zero-order valence-corrected chi connectivity index (χ0v) is 18.8. The molecule has 1 N–H and O–H groups in total. The number of rotatable bonds is 4. The first-order valence-electron chi connectivity index (χ1n) is 9.95. The summed E-state index contributed by atoms with van der Waals surface area (Å²) in [4.78, 5) is 40.2. The third-order valence-corrected chi connectivity index (χ3v) is 5.15. The molecule has 3 rings (SSSR count). The summed E-state index contributed by atoms with van der Waals surface area (Å²) in [5.41, 5.74) is -0.108. The Morgan fingerprint density at radius 2 is 1.75 bits per heavy atom. The van der Waals surface area contributed by atoms with Gasteiger partial charge in [0.25, 0.3) is 0 Å². The maximum Gasteiger partial charge on any atom is 0.488 e. The van der Waals surface area contributed by atoms with E-state index < -0.39 is 34.1 Å². The second kappa shape index (κ2) is 8.81. The van der Waals surface area contributed by atoms with E-state index >= 15 is 0 Å². The fourth-order valence-electron chi connectivity index (χ4n) is 3.37. The van der Waals surface area contributed by atoms with E-state index in [9.17, 15) is 26.7 Å². The van der Waals surface area contributed by atoms with Crippen molar-refractivity contribution in [2.45, 2.75) is 32.8 Å². The highest BCUT2D eigenvalue weighted by molar-refractivity contribution is 7.81. The van der Waals surface area contributed by atoms with Crippen molar-refractivity contribution in [1.82, 2.24) is 10.2 Å². The standard InChI is InChI=1S/C19H25FN4O7S/c1-19(2,3)30-18(27)23-10-8-22(9-11-23)14-5-4-13(12-15(14)31-32(20,28)29)24-7-6-16(25)21-17(24)26/h4-5,12H,6-11H2,1-3H3,(H,21,25,26). The zero-order valence-electron chi connectivity index (χ0n) is 18.0. The lowest BCUT2D eigenvalue weighted by molar-refractivity contribution is -0.120. The van der Waals surface area contributed by atoms with E-state index in [1.165, 1.54) is 21.9 Å². The van der Waals surface area contributed by atoms with Crippen molar-refractivity contribution in [2.24, 2.45) is 0 Å². The van der Waals surface area contributed by atoms with Gasteiger partial charge in [-0.2, -0.15) is 8.42 Å². The van der Waals surface area contributed by atoms with Crippen LogP contribution >= 0.6 is 0 Å². The molecule has 0 bridgehead atoms. The molecule has 1 aromatic carbocycles. The Hall–Kier alpha value is -3.09. The van der Waals surface area contributed by atoms with E-state index in [4.69, 9.17) is 4.74 Å². The van der Waals surface area contributed by atoms with Crippen LogP contribution in [0.1, 0.15) is 27.2 Å². The number of carbonyl (C=O) groups excluding carboxylic acids is 3. The number of hydrogen-bond acceptors (Lipinski definition) is 8. The molecule has 32 heavy (non-hydrogen) atoms. The van der Waals surface area contributed by atoms with Crippen molar-refractivity contribution in [1.29, 1.82) is 0 Å². The highest BCUT2D eigenvalue weighted by atomic mass is 32.3. The van der Waals surface area contributed by atoms with Crippen LogP contribution in [-0.4, -0.2) is 69.7 Å². The van der Waals surface area contributed by atoms with E-state index in [0.717, 1.165) is 0 Å². The highest BCUT2D eigenvalue weighted by Crippen LogP contribution is 2.35. The number of piperazine rings is 1. The summed E-state index contributed by atoms with van der Waals surface area (Å²) < 4.78 is 45.7. The molecule has 0 aromatic heterocycles. The van der Waals surface area contributed by atoms with Gasteiger partial charge in [-0.25, -0.2) is 9.59 Å². The predicted molar refractivity (Wildman–Crippen MR) is 113 cm³/mol. The number of carbonyl (C=O) groups is 3. The average molecular weight is 472 g/mol. The molecule has 13 heteroatoms. The van der Waals surface area contributed by atoms with Crippen molar-refractivity contribution in [3.05, 3.63) is 18.2 Å². The van der Waals surface area contributed by atoms with Crippen molar-refractivity contribution in [2.75, 3.05) is 42.5 Å². The third-order valence-electron chi connectivity index (χ3n) is 4.77. The molecule has 2 aliphatic heterocycles. The summed E-state index contributed by atoms with van der Waals surface area (Å²) in [7, 11) is -5.34. The van der Waals surface area contributed by atoms with Crippen LogP contribution in [-0.2, 0) is 20.0 Å². The SMILES string of the molecule is CC(C)(C)OC(=O)N1CCN(c2ccc(N3CCC(=O)NC3=O)cc2OS(=O)(=O)F)CC1. The molecule has 0 aliphatic carbocycles. The maximum absolute atomic E-state index is 13.4. The van der Waals surface area contributed by atoms with Crippen LogP contribution in [0.4, 0.5) is 24.8 Å². The number of urea groups is 1. The number of nitrogens with one attached hydrogen (secondary N) is 1. The number of anilines is 2. The predicted octanol–water partition coefficient (Wildman–Crippen LogP) is 1.78. The summed E-state index contributed by atoms with van der Waals surface area (Å²) in [5, 5.41) is 2.16. The smallest absolute Gasteiger partial charge is 0.444 e. The molecule has 2 fully saturated rings. The third kappa shape index (κ3) is 5.99. The fourth-order valence-corrected chi connectivity index (χ4v) is 3.72. The summed E-state index contributed by atoms with van der Waals surface area (Å²) in [5.74, 6) is -0.728. The fraction of sp³-hybridized carbons (Fsp3) is 0.526. The Morgan fingerprint density at radius 1 is 1.09 bits per heavy atom. The van der Waals surface area contributed by atoms with Gasteiger partial charge in [-0.05, 0) is 32.9 Å². The van der Waals surface area contributed by atoms with Crippen LogP contribution in [0.25, 0.3) is 0 Å². The molecule has 2 saturated heterocycles. The lowest BCUT2D eigenvalue weighted by Gasteiger charge is -2.37. The van der Waals surface area contributed by atoms with E-state index in [-0.39, 0.29) is 30.1 Å². The van der Waals surface area contributed by atoms with E-state index in [1.54, 1.807) is 31.7 Å². The number of imide groups is 1. The lowest BCUT2D eigenvalue weighted by Crippen LogP contribution is -2.50. The second-order valence-corrected chi connectivity index (χ2v) is 9.29. The molecule has 11 nitrogen and oxygen atoms in total. The van der Waals surface area contributed by atoms with Gasteiger partial charge >= 0.3 is 22.6 Å². The van der Waals surface area contributed by atoms with Crippen molar-refractivity contribution >= 4 is 39.9 Å². The molecule has 2 heterocycles. The first-order valence-corrected chi connectivity index (χ1v) is 11.3. The normalized spacial score (nSPS) is 17.8. The Bertz CT molecular complexity index is 1020. The molecule has 0 saturated carbocycles. The molecule has 0 radical (unpaired) electrons. The summed E-state index contributed by atoms with van der Waals surface area (Å²) in [6.07, 6.45) is -0.390. The topological polar surface area (TPSA) is 126 Å². The quantitative estimate of drug-likeness (QED) is 0.658. The van der Waals surface area contributed by atoms with Gasteiger partial charge in [0.05, 0.1) is 5.69 Å². The van der Waals surface area contributed by atoms with Crippen LogP contribution in [0.15, 0.2) is 18.2 Å². The largest absolute Gasteiger partial charge is 0.488 e. The Kier molecular flexibility index (Phi) is 6.49. The van der Waals surface area contributed by atoms with Gasteiger partial charge in [0.2, 0.25) is 5.91 Å². The van der Waals surface area contributed by atoms with Gasteiger partial charge in [-0.3, -0.25) is 15.0 Å².